The molecule has 7 aromatic rings. The zero-order chi connectivity index (χ0) is 40.4. The van der Waals surface area contributed by atoms with Crippen LogP contribution in [0.1, 0.15) is 56.9 Å². The highest BCUT2D eigenvalue weighted by Crippen LogP contribution is 2.54. The van der Waals surface area contributed by atoms with Crippen molar-refractivity contribution in [2.24, 2.45) is 14.1 Å². The maximum absolute atomic E-state index is 16.6. The molecule has 11 heteroatoms. The smallest absolute Gasteiger partial charge is 0.168 e. The zero-order valence-corrected chi connectivity index (χ0v) is 33.3. The second kappa shape index (κ2) is 11.2. The summed E-state index contributed by atoms with van der Waals surface area (Å²) in [6.07, 6.45) is 0. The molecule has 0 amide bonds. The molecule has 2 aliphatic heterocycles. The lowest BCUT2D eigenvalue weighted by Crippen LogP contribution is -2.41. The number of benzene rings is 5. The van der Waals surface area contributed by atoms with E-state index in [1.54, 1.807) is 18.2 Å². The predicted octanol–water partition coefficient (Wildman–Crippen LogP) is 8.83. The summed E-state index contributed by atoms with van der Waals surface area (Å²) in [5.74, 6) is -4.55. The van der Waals surface area contributed by atoms with Crippen LogP contribution in [0.2, 0.25) is 0 Å². The SMILES string of the molecule is CC1=c2cc3c(cc2-c2c(c4ccccc4n2C)C1(C)C)=C(c1c(F)c(F)cc(F)c1S(=O)(=O)[O-])c1cc2c(cc1O3)N(C)C(C)(C)c1c-2n(C)c2ccccc12. The van der Waals surface area contributed by atoms with Crippen LogP contribution in [0.4, 0.5) is 18.9 Å². The molecule has 0 fully saturated rings. The fourth-order valence-electron chi connectivity index (χ4n) is 9.92. The van der Waals surface area contributed by atoms with Crippen LogP contribution >= 0.6 is 0 Å². The van der Waals surface area contributed by atoms with Crippen molar-refractivity contribution in [2.45, 2.75) is 50.5 Å². The Labute approximate surface area is 327 Å². The van der Waals surface area contributed by atoms with Gasteiger partial charge in [-0.2, -0.15) is 0 Å². The van der Waals surface area contributed by atoms with Gasteiger partial charge in [0.05, 0.1) is 22.6 Å². The molecule has 0 bridgehead atoms. The van der Waals surface area contributed by atoms with Crippen LogP contribution in [0.5, 0.6) is 11.5 Å². The Morgan fingerprint density at radius 1 is 0.684 bits per heavy atom. The Morgan fingerprint density at radius 3 is 1.91 bits per heavy atom. The molecule has 4 heterocycles. The van der Waals surface area contributed by atoms with Gasteiger partial charge in [-0.05, 0) is 61.9 Å². The van der Waals surface area contributed by atoms with Gasteiger partial charge in [-0.3, -0.25) is 0 Å². The molecule has 10 rings (SSSR count). The van der Waals surface area contributed by atoms with Gasteiger partial charge in [0, 0.05) is 99.1 Å². The molecular weight excluding hydrogens is 748 g/mol. The van der Waals surface area contributed by atoms with Gasteiger partial charge in [0.2, 0.25) is 0 Å². The second-order valence-corrected chi connectivity index (χ2v) is 17.8. The number of rotatable bonds is 2. The van der Waals surface area contributed by atoms with Crippen molar-refractivity contribution in [3.05, 3.63) is 129 Å². The minimum Gasteiger partial charge on any atom is -0.744 e. The maximum Gasteiger partial charge on any atom is 0.168 e. The van der Waals surface area contributed by atoms with Crippen molar-refractivity contribution in [2.75, 3.05) is 11.9 Å². The maximum atomic E-state index is 16.6. The molecule has 2 aromatic heterocycles. The van der Waals surface area contributed by atoms with E-state index >= 15 is 13.2 Å². The number of aromatic nitrogens is 2. The monoisotopic (exact) mass is 784 g/mol. The van der Waals surface area contributed by atoms with E-state index in [9.17, 15) is 13.0 Å². The van der Waals surface area contributed by atoms with Gasteiger partial charge in [0.1, 0.15) is 32.3 Å². The minimum atomic E-state index is -5.70. The molecule has 0 saturated carbocycles. The lowest BCUT2D eigenvalue weighted by atomic mass is 9.71. The Morgan fingerprint density at radius 2 is 1.28 bits per heavy atom. The number of hydrogen-bond donors (Lipinski definition) is 0. The normalized spacial score (nSPS) is 16.2. The van der Waals surface area contributed by atoms with E-state index in [4.69, 9.17) is 4.74 Å². The van der Waals surface area contributed by atoms with Crippen LogP contribution in [0.3, 0.4) is 0 Å². The summed E-state index contributed by atoms with van der Waals surface area (Å²) in [5.41, 5.74) is 7.11. The van der Waals surface area contributed by atoms with Gasteiger partial charge in [-0.1, -0.05) is 55.8 Å². The largest absolute Gasteiger partial charge is 0.744 e. The number of fused-ring (bicyclic) bond motifs is 12. The van der Waals surface area contributed by atoms with Gasteiger partial charge in [0.25, 0.3) is 0 Å². The molecule has 0 radical (unpaired) electrons. The molecule has 3 aliphatic rings. The average Bonchev–Trinajstić information content (AvgIpc) is 3.64. The van der Waals surface area contributed by atoms with Crippen LogP contribution in [-0.4, -0.2) is 29.2 Å². The van der Waals surface area contributed by atoms with E-state index in [1.807, 2.05) is 63.6 Å². The van der Waals surface area contributed by atoms with Crippen molar-refractivity contribution in [1.29, 1.82) is 0 Å². The van der Waals surface area contributed by atoms with Crippen molar-refractivity contribution in [3.8, 4) is 34.0 Å². The highest BCUT2D eigenvalue weighted by molar-refractivity contribution is 7.85. The third-order valence-electron chi connectivity index (χ3n) is 13.1. The Kier molecular flexibility index (Phi) is 7.00. The third kappa shape index (κ3) is 4.44. The molecule has 0 N–H and O–H groups in total. The van der Waals surface area contributed by atoms with Crippen molar-refractivity contribution < 1.29 is 30.9 Å². The van der Waals surface area contributed by atoms with E-state index in [2.05, 4.69) is 60.8 Å². The molecule has 7 nitrogen and oxygen atoms in total. The summed E-state index contributed by atoms with van der Waals surface area (Å²) < 4.78 is 97.7. The van der Waals surface area contributed by atoms with E-state index < -0.39 is 49.0 Å². The number of nitrogens with zero attached hydrogens (tertiary/aromatic N) is 3. The van der Waals surface area contributed by atoms with Crippen LogP contribution < -0.4 is 20.1 Å². The first-order valence-electron chi connectivity index (χ1n) is 18.7. The fraction of sp³-hybridized carbons (Fsp3) is 0.217. The second-order valence-electron chi connectivity index (χ2n) is 16.5. The standard InChI is InChI=1S/C46H38F3N3O4S/c1-22-25-19-35-28(17-26(25)42-39(45(22,2)3)23-13-9-11-15-32(23)50(42)6)37(38-41(49)30(47)20-31(48)44(38)57(53,54)55)29-18-27-34(21-36(29)56-35)52(8)46(4,5)40-24-14-10-12-16-33(24)51(7)43(27)40/h9-21H,1-8H3,(H,53,54,55)/p-1. The third-order valence-corrected chi connectivity index (χ3v) is 14.0. The quantitative estimate of drug-likeness (QED) is 0.129. The highest BCUT2D eigenvalue weighted by Gasteiger charge is 2.42. The summed E-state index contributed by atoms with van der Waals surface area (Å²) in [6, 6.07) is 23.4. The topological polar surface area (TPSA) is 79.5 Å². The molecule has 0 unspecified atom stereocenters. The molecular formula is C46H37F3N3O4S-. The van der Waals surface area contributed by atoms with Crippen molar-refractivity contribution in [3.63, 3.8) is 0 Å². The predicted molar refractivity (Wildman–Crippen MR) is 215 cm³/mol. The molecule has 0 saturated heterocycles. The van der Waals surface area contributed by atoms with E-state index in [1.165, 1.54) is 0 Å². The van der Waals surface area contributed by atoms with Gasteiger partial charge < -0.3 is 23.3 Å². The number of anilines is 1. The lowest BCUT2D eigenvalue weighted by Gasteiger charge is -2.44. The molecule has 288 valence electrons. The molecule has 0 atom stereocenters. The van der Waals surface area contributed by atoms with E-state index in [0.29, 0.717) is 5.56 Å². The number of ether oxygens (including phenoxy) is 1. The minimum absolute atomic E-state index is 0.103. The molecule has 0 spiro atoms. The summed E-state index contributed by atoms with van der Waals surface area (Å²) in [6.45, 7) is 10.6. The zero-order valence-electron chi connectivity index (χ0n) is 32.5. The van der Waals surface area contributed by atoms with Crippen LogP contribution in [0, 0.1) is 17.5 Å². The molecule has 1 aliphatic carbocycles. The average molecular weight is 785 g/mol. The summed E-state index contributed by atoms with van der Waals surface area (Å²) in [4.78, 5) is 0.657. The number of halogens is 3. The van der Waals surface area contributed by atoms with Crippen LogP contribution in [0.15, 0.2) is 83.8 Å². The number of aryl methyl sites for hydroxylation is 2. The van der Waals surface area contributed by atoms with Crippen molar-refractivity contribution in [1.82, 2.24) is 9.13 Å². The summed E-state index contributed by atoms with van der Waals surface area (Å²) in [7, 11) is 0.195. The van der Waals surface area contributed by atoms with Gasteiger partial charge in [-0.25, -0.2) is 21.6 Å². The van der Waals surface area contributed by atoms with E-state index in [0.717, 1.165) is 66.4 Å². The fourth-order valence-corrected chi connectivity index (χ4v) is 10.7. The van der Waals surface area contributed by atoms with Gasteiger partial charge >= 0.3 is 0 Å². The summed E-state index contributed by atoms with van der Waals surface area (Å²) in [5, 5.41) is 3.11. The first-order valence-corrected chi connectivity index (χ1v) is 20.1. The van der Waals surface area contributed by atoms with E-state index in [-0.39, 0.29) is 33.9 Å². The van der Waals surface area contributed by atoms with Gasteiger partial charge in [0.15, 0.2) is 11.6 Å². The Balaban J connectivity index is 1.41. The number of hydrogen-bond acceptors (Lipinski definition) is 5. The van der Waals surface area contributed by atoms with Gasteiger partial charge in [-0.15, -0.1) is 0 Å². The molecule has 57 heavy (non-hydrogen) atoms. The Bertz CT molecular complexity index is 3280. The Hall–Kier alpha value is -5.78. The number of para-hydroxylation sites is 2. The van der Waals surface area contributed by atoms with Crippen LogP contribution in [-0.2, 0) is 35.2 Å². The first kappa shape index (κ1) is 35.6. The highest BCUT2D eigenvalue weighted by atomic mass is 32.2. The molecule has 5 aromatic carbocycles. The first-order chi connectivity index (χ1) is 26.9. The lowest BCUT2D eigenvalue weighted by molar-refractivity contribution is 0.442. The van der Waals surface area contributed by atoms with Crippen LogP contribution in [0.25, 0.3) is 55.5 Å². The summed E-state index contributed by atoms with van der Waals surface area (Å²) >= 11 is 0. The van der Waals surface area contributed by atoms with Crippen molar-refractivity contribution >= 4 is 48.8 Å².